The lowest BCUT2D eigenvalue weighted by Gasteiger charge is -2.14. The molecule has 0 radical (unpaired) electrons. The van der Waals surface area contributed by atoms with Crippen LogP contribution in [0.5, 0.6) is 0 Å². The minimum atomic E-state index is -0.714. The van der Waals surface area contributed by atoms with E-state index in [2.05, 4.69) is 10.6 Å². The van der Waals surface area contributed by atoms with Crippen LogP contribution in [0.1, 0.15) is 23.2 Å². The van der Waals surface area contributed by atoms with Gasteiger partial charge in [0.2, 0.25) is 5.91 Å². The Hall–Kier alpha value is -2.59. The van der Waals surface area contributed by atoms with Crippen molar-refractivity contribution in [2.45, 2.75) is 12.8 Å². The maximum Gasteiger partial charge on any atom is 0.257 e. The topological polar surface area (TPSA) is 63.1 Å². The molecule has 1 saturated carbocycles. The first kappa shape index (κ1) is 22.6. The number of para-hydroxylation sites is 1. The Kier molecular flexibility index (Phi) is 6.71. The van der Waals surface area contributed by atoms with Crippen LogP contribution in [-0.2, 0) is 4.79 Å². The number of carbonyl (C=O) groups is 2. The standard InChI is InChI=1S/C23H19ClF2IN3O2/c1-27-20-10-7-14(12-30(20)21-17(25)3-2-4-18(21)26)23(32)29-19-11-15(8-9-16(19)24)28-22(31)13-5-6-13/h2-4,7-13H,5-6H2,1H3,(H,28,31)(H,29,32). The summed E-state index contributed by atoms with van der Waals surface area (Å²) in [6, 6.07) is 11.8. The second-order valence-electron chi connectivity index (χ2n) is 7.28. The number of hydrogen-bond donors (Lipinski definition) is 2. The number of pyridine rings is 1. The van der Waals surface area contributed by atoms with Gasteiger partial charge in [-0.3, -0.25) is 9.59 Å². The number of nitrogens with one attached hydrogen (secondary N) is 2. The SMILES string of the molecule is CI=c1ccc(C(=O)Nc2cc(NC(=O)C3CC3)ccc2Cl)cn1-c1c(F)cccc1F. The Bertz CT molecular complexity index is 1270. The molecule has 4 rings (SSSR count). The molecule has 0 aliphatic heterocycles. The average Bonchev–Trinajstić information content (AvgIpc) is 3.61. The van der Waals surface area contributed by atoms with Gasteiger partial charge in [-0.2, -0.15) is 0 Å². The van der Waals surface area contributed by atoms with Crippen LogP contribution in [0, 0.1) is 20.8 Å². The quantitative estimate of drug-likeness (QED) is 0.286. The molecule has 0 unspecified atom stereocenters. The molecule has 166 valence electrons. The van der Waals surface area contributed by atoms with Crippen LogP contribution >= 0.6 is 32.3 Å². The van der Waals surface area contributed by atoms with Gasteiger partial charge >= 0.3 is 0 Å². The average molecular weight is 570 g/mol. The normalized spacial score (nSPS) is 13.9. The minimum Gasteiger partial charge on any atom is -0.326 e. The fraction of sp³-hybridized carbons (Fsp3) is 0.174. The largest absolute Gasteiger partial charge is 0.326 e. The number of aromatic nitrogens is 1. The highest BCUT2D eigenvalue weighted by Crippen LogP contribution is 2.32. The highest BCUT2D eigenvalue weighted by Gasteiger charge is 2.29. The van der Waals surface area contributed by atoms with E-state index in [1.807, 2.05) is 4.93 Å². The number of alkyl halides is 1. The summed E-state index contributed by atoms with van der Waals surface area (Å²) in [6.45, 7) is 0. The Morgan fingerprint density at radius 2 is 1.78 bits per heavy atom. The Labute approximate surface area is 198 Å². The van der Waals surface area contributed by atoms with Gasteiger partial charge in [-0.1, -0.05) is 38.4 Å². The maximum atomic E-state index is 14.4. The van der Waals surface area contributed by atoms with E-state index in [1.165, 1.54) is 29.0 Å². The zero-order chi connectivity index (χ0) is 22.8. The van der Waals surface area contributed by atoms with Crippen LogP contribution in [0.4, 0.5) is 20.2 Å². The summed E-state index contributed by atoms with van der Waals surface area (Å²) < 4.78 is 30.9. The van der Waals surface area contributed by atoms with Crippen LogP contribution in [0.2, 0.25) is 5.02 Å². The van der Waals surface area contributed by atoms with Gasteiger partial charge in [0, 0.05) is 17.8 Å². The predicted octanol–water partition coefficient (Wildman–Crippen LogP) is 6.14. The van der Waals surface area contributed by atoms with E-state index < -0.39 is 38.3 Å². The summed E-state index contributed by atoms with van der Waals surface area (Å²) in [6.07, 6.45) is 3.17. The lowest BCUT2D eigenvalue weighted by atomic mass is 10.2. The molecule has 0 saturated heterocycles. The number of amides is 2. The first-order valence-electron chi connectivity index (χ1n) is 9.78. The molecule has 0 spiro atoms. The Balaban J connectivity index is 1.64. The summed E-state index contributed by atoms with van der Waals surface area (Å²) in [7, 11) is 0. The van der Waals surface area contributed by atoms with Crippen molar-refractivity contribution in [2.24, 2.45) is 5.92 Å². The Morgan fingerprint density at radius 1 is 1.06 bits per heavy atom. The fourth-order valence-electron chi connectivity index (χ4n) is 3.14. The third-order valence-corrected chi connectivity index (χ3v) is 7.28. The zero-order valence-electron chi connectivity index (χ0n) is 17.0. The van der Waals surface area contributed by atoms with Crippen molar-refractivity contribution in [1.29, 1.82) is 0 Å². The van der Waals surface area contributed by atoms with Gasteiger partial charge in [0.1, 0.15) is 17.3 Å². The van der Waals surface area contributed by atoms with Gasteiger partial charge in [-0.15, -0.1) is 0 Å². The van der Waals surface area contributed by atoms with E-state index in [4.69, 9.17) is 11.6 Å². The zero-order valence-corrected chi connectivity index (χ0v) is 19.9. The lowest BCUT2D eigenvalue weighted by Crippen LogP contribution is -2.16. The third kappa shape index (κ3) is 4.91. The van der Waals surface area contributed by atoms with Crippen molar-refractivity contribution in [1.82, 2.24) is 4.57 Å². The van der Waals surface area contributed by atoms with Gasteiger partial charge in [0.25, 0.3) is 5.91 Å². The predicted molar refractivity (Wildman–Crippen MR) is 130 cm³/mol. The minimum absolute atomic E-state index is 0.0397. The highest BCUT2D eigenvalue weighted by molar-refractivity contribution is 14.2. The number of carbonyl (C=O) groups excluding carboxylic acids is 2. The van der Waals surface area contributed by atoms with Crippen LogP contribution < -0.4 is 10.6 Å². The van der Waals surface area contributed by atoms with Crippen LogP contribution in [0.15, 0.2) is 54.7 Å². The van der Waals surface area contributed by atoms with Crippen LogP contribution in [0.3, 0.4) is 0 Å². The van der Waals surface area contributed by atoms with E-state index >= 15 is 0 Å². The van der Waals surface area contributed by atoms with Crippen molar-refractivity contribution in [3.05, 3.63) is 80.2 Å². The summed E-state index contributed by atoms with van der Waals surface area (Å²) in [4.78, 5) is 26.9. The number of hydrogen-bond acceptors (Lipinski definition) is 2. The van der Waals surface area contributed by atoms with Crippen molar-refractivity contribution in [3.63, 3.8) is 0 Å². The molecule has 9 heteroatoms. The second-order valence-corrected chi connectivity index (χ2v) is 9.87. The van der Waals surface area contributed by atoms with E-state index in [0.717, 1.165) is 16.1 Å². The second kappa shape index (κ2) is 9.50. The molecule has 1 aromatic heterocycles. The van der Waals surface area contributed by atoms with Gasteiger partial charge in [0.05, 0.1) is 19.6 Å². The summed E-state index contributed by atoms with van der Waals surface area (Å²) in [5, 5.41) is 5.82. The molecule has 32 heavy (non-hydrogen) atoms. The maximum absolute atomic E-state index is 14.4. The first-order valence-corrected chi connectivity index (χ1v) is 13.4. The number of anilines is 2. The monoisotopic (exact) mass is 569 g/mol. The Morgan fingerprint density at radius 3 is 2.44 bits per heavy atom. The molecule has 5 nitrogen and oxygen atoms in total. The molecule has 2 amide bonds. The van der Waals surface area contributed by atoms with Gasteiger partial charge in [0.15, 0.2) is 0 Å². The molecular formula is C23H19ClF2IN3O2. The number of halogens is 4. The van der Waals surface area contributed by atoms with Gasteiger partial charge in [-0.05, 0) is 60.2 Å². The molecule has 2 aromatic carbocycles. The van der Waals surface area contributed by atoms with Crippen molar-refractivity contribution in [3.8, 4) is 5.69 Å². The number of rotatable bonds is 5. The van der Waals surface area contributed by atoms with E-state index in [0.29, 0.717) is 16.4 Å². The highest BCUT2D eigenvalue weighted by atomic mass is 127. The molecular weight excluding hydrogens is 551 g/mol. The van der Waals surface area contributed by atoms with Crippen molar-refractivity contribution < 1.29 is 18.4 Å². The van der Waals surface area contributed by atoms with Gasteiger partial charge < -0.3 is 15.2 Å². The number of nitrogens with zero attached hydrogens (tertiary/aromatic N) is 1. The summed E-state index contributed by atoms with van der Waals surface area (Å²) in [5.74, 6) is -1.94. The molecule has 3 aromatic rings. The lowest BCUT2D eigenvalue weighted by molar-refractivity contribution is -0.117. The number of benzene rings is 2. The molecule has 0 bridgehead atoms. The molecule has 0 atom stereocenters. The third-order valence-electron chi connectivity index (χ3n) is 4.96. The van der Waals surface area contributed by atoms with Crippen molar-refractivity contribution >= 4 is 55.5 Å². The van der Waals surface area contributed by atoms with E-state index in [9.17, 15) is 18.4 Å². The fourth-order valence-corrected chi connectivity index (χ4v) is 4.75. The van der Waals surface area contributed by atoms with E-state index in [-0.39, 0.29) is 23.1 Å². The summed E-state index contributed by atoms with van der Waals surface area (Å²) >= 11 is 5.70. The smallest absolute Gasteiger partial charge is 0.257 e. The van der Waals surface area contributed by atoms with Gasteiger partial charge in [-0.25, -0.2) is 8.78 Å². The van der Waals surface area contributed by atoms with Crippen molar-refractivity contribution in [2.75, 3.05) is 15.6 Å². The van der Waals surface area contributed by atoms with E-state index in [1.54, 1.807) is 30.3 Å². The summed E-state index contributed by atoms with van der Waals surface area (Å²) in [5.41, 5.74) is 0.830. The molecule has 2 N–H and O–H groups in total. The molecule has 1 fully saturated rings. The molecule has 1 aliphatic rings. The first-order chi connectivity index (χ1) is 15.4. The van der Waals surface area contributed by atoms with Crippen LogP contribution in [0.25, 0.3) is 5.69 Å². The molecule has 1 heterocycles. The van der Waals surface area contributed by atoms with Crippen LogP contribution in [-0.4, -0.2) is 21.3 Å². The molecule has 1 aliphatic carbocycles.